The first kappa shape index (κ1) is 18.9. The average Bonchev–Trinajstić information content (AvgIpc) is 3.29. The molecular formula is C21H24N6O2. The predicted octanol–water partition coefficient (Wildman–Crippen LogP) is 2.18. The third kappa shape index (κ3) is 3.78. The summed E-state index contributed by atoms with van der Waals surface area (Å²) in [5, 5.41) is 7.17. The van der Waals surface area contributed by atoms with E-state index in [2.05, 4.69) is 15.2 Å². The zero-order valence-corrected chi connectivity index (χ0v) is 16.6. The summed E-state index contributed by atoms with van der Waals surface area (Å²) in [6, 6.07) is 12.4. The molecule has 4 rings (SSSR count). The fourth-order valence-electron chi connectivity index (χ4n) is 3.74. The minimum atomic E-state index is -0.417. The second kappa shape index (κ2) is 7.90. The minimum absolute atomic E-state index is 0.0521. The smallest absolute Gasteiger partial charge is 0.270 e. The van der Waals surface area contributed by atoms with Crippen LogP contribution in [0.4, 0.5) is 0 Å². The number of hydrogen-bond donors (Lipinski definition) is 1. The number of aromatic amines is 1. The van der Waals surface area contributed by atoms with E-state index >= 15 is 0 Å². The molecule has 0 aliphatic carbocycles. The lowest BCUT2D eigenvalue weighted by Gasteiger charge is -2.30. The molecule has 3 heterocycles. The lowest BCUT2D eigenvalue weighted by atomic mass is 10.1. The molecule has 1 saturated heterocycles. The van der Waals surface area contributed by atoms with Crippen molar-refractivity contribution in [1.29, 1.82) is 0 Å². The van der Waals surface area contributed by atoms with Crippen LogP contribution in [0.1, 0.15) is 45.0 Å². The van der Waals surface area contributed by atoms with E-state index in [-0.39, 0.29) is 11.8 Å². The maximum atomic E-state index is 13.3. The van der Waals surface area contributed by atoms with E-state index in [1.54, 1.807) is 21.9 Å². The summed E-state index contributed by atoms with van der Waals surface area (Å²) in [5.41, 5.74) is 1.24. The third-order valence-electron chi connectivity index (χ3n) is 5.24. The molecule has 29 heavy (non-hydrogen) atoms. The normalized spacial score (nSPS) is 17.2. The number of nitrogens with zero attached hydrogens (tertiary/aromatic N) is 5. The first-order valence-corrected chi connectivity index (χ1v) is 9.70. The summed E-state index contributed by atoms with van der Waals surface area (Å²) in [5.74, 6) is 1.07. The zero-order valence-electron chi connectivity index (χ0n) is 16.6. The second-order valence-corrected chi connectivity index (χ2v) is 7.27. The van der Waals surface area contributed by atoms with Crippen LogP contribution in [0.15, 0.2) is 48.7 Å². The summed E-state index contributed by atoms with van der Waals surface area (Å²) in [6.07, 6.45) is 2.54. The number of aromatic nitrogens is 4. The number of carbonyl (C=O) groups excluding carboxylic acids is 2. The number of aryl methyl sites for hydroxylation is 2. The number of benzene rings is 1. The number of hydrogen-bond acceptors (Lipinski definition) is 4. The molecule has 2 aromatic heterocycles. The standard InChI is InChI=1S/C21H24N6O2/c1-15-22-19(24-23-15)18-14-26(21(29)17-10-6-11-25(17)2)12-7-13-27(18)20(28)16-8-4-3-5-9-16/h3-6,8-11,18H,7,12-14H2,1-2H3,(H,22,23,24). The highest BCUT2D eigenvalue weighted by Gasteiger charge is 2.35. The maximum Gasteiger partial charge on any atom is 0.270 e. The Hall–Kier alpha value is -3.42. The van der Waals surface area contributed by atoms with Crippen LogP contribution in [0.2, 0.25) is 0 Å². The van der Waals surface area contributed by atoms with E-state index in [1.165, 1.54) is 0 Å². The number of H-pyrrole nitrogens is 1. The summed E-state index contributed by atoms with van der Waals surface area (Å²) in [7, 11) is 1.85. The van der Waals surface area contributed by atoms with Gasteiger partial charge in [-0.1, -0.05) is 18.2 Å². The Labute approximate surface area is 169 Å². The van der Waals surface area contributed by atoms with Gasteiger partial charge in [0, 0.05) is 38.4 Å². The number of rotatable bonds is 3. The molecule has 1 fully saturated rings. The van der Waals surface area contributed by atoms with Crippen molar-refractivity contribution in [2.24, 2.45) is 7.05 Å². The summed E-state index contributed by atoms with van der Waals surface area (Å²) in [6.45, 7) is 3.27. The van der Waals surface area contributed by atoms with Crippen molar-refractivity contribution >= 4 is 11.8 Å². The Kier molecular flexibility index (Phi) is 5.16. The molecule has 150 valence electrons. The molecule has 0 spiro atoms. The molecule has 3 aromatic rings. The van der Waals surface area contributed by atoms with Gasteiger partial charge < -0.3 is 14.4 Å². The average molecular weight is 392 g/mol. The van der Waals surface area contributed by atoms with Gasteiger partial charge in [-0.15, -0.1) is 0 Å². The van der Waals surface area contributed by atoms with Gasteiger partial charge in [0.2, 0.25) is 0 Å². The van der Waals surface area contributed by atoms with Crippen molar-refractivity contribution in [2.75, 3.05) is 19.6 Å². The highest BCUT2D eigenvalue weighted by atomic mass is 16.2. The zero-order chi connectivity index (χ0) is 20.4. The minimum Gasteiger partial charge on any atom is -0.347 e. The SMILES string of the molecule is Cc1nc(C2CN(C(=O)c3cccn3C)CCCN2C(=O)c2ccccc2)n[nH]1. The van der Waals surface area contributed by atoms with Crippen molar-refractivity contribution in [3.63, 3.8) is 0 Å². The quantitative estimate of drug-likeness (QED) is 0.740. The highest BCUT2D eigenvalue weighted by Crippen LogP contribution is 2.26. The van der Waals surface area contributed by atoms with E-state index in [1.807, 2.05) is 55.1 Å². The van der Waals surface area contributed by atoms with E-state index in [4.69, 9.17) is 0 Å². The molecule has 2 amide bonds. The van der Waals surface area contributed by atoms with Crippen molar-refractivity contribution in [3.05, 3.63) is 71.6 Å². The van der Waals surface area contributed by atoms with Gasteiger partial charge in [-0.3, -0.25) is 14.7 Å². The van der Waals surface area contributed by atoms with Crippen LogP contribution in [-0.4, -0.2) is 61.0 Å². The Morgan fingerprint density at radius 2 is 1.86 bits per heavy atom. The van der Waals surface area contributed by atoms with Gasteiger partial charge in [0.1, 0.15) is 17.6 Å². The van der Waals surface area contributed by atoms with E-state index in [0.29, 0.717) is 49.0 Å². The topological polar surface area (TPSA) is 87.1 Å². The van der Waals surface area contributed by atoms with Crippen molar-refractivity contribution in [2.45, 2.75) is 19.4 Å². The Bertz CT molecular complexity index is 1010. The molecule has 1 aromatic carbocycles. The molecule has 8 nitrogen and oxygen atoms in total. The van der Waals surface area contributed by atoms with Crippen LogP contribution < -0.4 is 0 Å². The van der Waals surface area contributed by atoms with Crippen LogP contribution in [-0.2, 0) is 7.05 Å². The first-order chi connectivity index (χ1) is 14.0. The molecule has 1 N–H and O–H groups in total. The molecule has 8 heteroatoms. The monoisotopic (exact) mass is 392 g/mol. The van der Waals surface area contributed by atoms with Crippen molar-refractivity contribution in [1.82, 2.24) is 29.5 Å². The van der Waals surface area contributed by atoms with E-state index in [9.17, 15) is 9.59 Å². The third-order valence-corrected chi connectivity index (χ3v) is 5.24. The van der Waals surface area contributed by atoms with Crippen LogP contribution in [0.3, 0.4) is 0 Å². The summed E-state index contributed by atoms with van der Waals surface area (Å²) >= 11 is 0. The Balaban J connectivity index is 1.67. The molecular weight excluding hydrogens is 368 g/mol. The van der Waals surface area contributed by atoms with E-state index < -0.39 is 6.04 Å². The van der Waals surface area contributed by atoms with Crippen LogP contribution >= 0.6 is 0 Å². The predicted molar refractivity (Wildman–Crippen MR) is 107 cm³/mol. The fraction of sp³-hybridized carbons (Fsp3) is 0.333. The fourth-order valence-corrected chi connectivity index (χ4v) is 3.74. The molecule has 0 bridgehead atoms. The largest absolute Gasteiger partial charge is 0.347 e. The van der Waals surface area contributed by atoms with Gasteiger partial charge in [0.25, 0.3) is 11.8 Å². The van der Waals surface area contributed by atoms with Gasteiger partial charge in [0.15, 0.2) is 5.82 Å². The van der Waals surface area contributed by atoms with Crippen LogP contribution in [0.25, 0.3) is 0 Å². The molecule has 1 unspecified atom stereocenters. The summed E-state index contributed by atoms with van der Waals surface area (Å²) < 4.78 is 1.81. The molecule has 1 aliphatic heterocycles. The lowest BCUT2D eigenvalue weighted by molar-refractivity contribution is 0.0619. The molecule has 1 atom stereocenters. The lowest BCUT2D eigenvalue weighted by Crippen LogP contribution is -2.41. The molecule has 0 saturated carbocycles. The Morgan fingerprint density at radius 3 is 2.52 bits per heavy atom. The summed E-state index contributed by atoms with van der Waals surface area (Å²) in [4.78, 5) is 34.4. The van der Waals surface area contributed by atoms with Crippen LogP contribution in [0, 0.1) is 6.92 Å². The van der Waals surface area contributed by atoms with Gasteiger partial charge >= 0.3 is 0 Å². The van der Waals surface area contributed by atoms with Crippen molar-refractivity contribution < 1.29 is 9.59 Å². The first-order valence-electron chi connectivity index (χ1n) is 9.70. The second-order valence-electron chi connectivity index (χ2n) is 7.27. The number of nitrogens with one attached hydrogen (secondary N) is 1. The van der Waals surface area contributed by atoms with Crippen LogP contribution in [0.5, 0.6) is 0 Å². The van der Waals surface area contributed by atoms with E-state index in [0.717, 1.165) is 0 Å². The van der Waals surface area contributed by atoms with Gasteiger partial charge in [-0.05, 0) is 37.6 Å². The Morgan fingerprint density at radius 1 is 1.07 bits per heavy atom. The van der Waals surface area contributed by atoms with Gasteiger partial charge in [-0.2, -0.15) is 5.10 Å². The molecule has 1 aliphatic rings. The number of carbonyl (C=O) groups is 2. The highest BCUT2D eigenvalue weighted by molar-refractivity contribution is 5.95. The van der Waals surface area contributed by atoms with Gasteiger partial charge in [0.05, 0.1) is 0 Å². The molecule has 0 radical (unpaired) electrons. The maximum absolute atomic E-state index is 13.3. The number of amides is 2. The van der Waals surface area contributed by atoms with Gasteiger partial charge in [-0.25, -0.2) is 4.98 Å². The van der Waals surface area contributed by atoms with Crippen molar-refractivity contribution in [3.8, 4) is 0 Å².